The first-order valence-corrected chi connectivity index (χ1v) is 8.38. The van der Waals surface area contributed by atoms with E-state index >= 15 is 0 Å². The van der Waals surface area contributed by atoms with Crippen LogP contribution in [0.2, 0.25) is 0 Å². The maximum Gasteiger partial charge on any atom is 0.320 e. The lowest BCUT2D eigenvalue weighted by Crippen LogP contribution is -2.40. The Labute approximate surface area is 156 Å². The molecule has 3 rings (SSSR count). The molecule has 0 aromatic heterocycles. The summed E-state index contributed by atoms with van der Waals surface area (Å²) in [7, 11) is 0. The summed E-state index contributed by atoms with van der Waals surface area (Å²) in [6, 6.07) is 6.99. The van der Waals surface area contributed by atoms with E-state index in [0.717, 1.165) is 4.90 Å². The van der Waals surface area contributed by atoms with E-state index in [4.69, 9.17) is 20.6 Å². The van der Waals surface area contributed by atoms with Crippen LogP contribution in [0.25, 0.3) is 0 Å². The fraction of sp³-hybridized carbons (Fsp3) is 0.263. The SMILES string of the molecule is CC(C)c1cc(C(=N)N(Cc2ccc3c(c2)OCO3)C(N)=O)c(O)cc1O. The second kappa shape index (κ2) is 7.06. The Morgan fingerprint density at radius 1 is 1.19 bits per heavy atom. The maximum atomic E-state index is 12.0. The number of phenolic OH excluding ortho intramolecular Hbond substituents is 2. The van der Waals surface area contributed by atoms with E-state index in [1.54, 1.807) is 18.2 Å². The number of carbonyl (C=O) groups is 1. The number of ether oxygens (including phenoxy) is 2. The summed E-state index contributed by atoms with van der Waals surface area (Å²) in [5.74, 6) is 0.488. The highest BCUT2D eigenvalue weighted by molar-refractivity contribution is 6.07. The van der Waals surface area contributed by atoms with Gasteiger partial charge in [0.2, 0.25) is 6.79 Å². The van der Waals surface area contributed by atoms with Gasteiger partial charge >= 0.3 is 6.03 Å². The monoisotopic (exact) mass is 371 g/mol. The number of nitrogens with one attached hydrogen (secondary N) is 1. The van der Waals surface area contributed by atoms with Crippen molar-refractivity contribution in [1.82, 2.24) is 4.90 Å². The van der Waals surface area contributed by atoms with Crippen LogP contribution >= 0.6 is 0 Å². The van der Waals surface area contributed by atoms with Gasteiger partial charge < -0.3 is 25.4 Å². The molecule has 1 heterocycles. The van der Waals surface area contributed by atoms with Gasteiger partial charge in [0, 0.05) is 6.07 Å². The predicted molar refractivity (Wildman–Crippen MR) is 98.4 cm³/mol. The fourth-order valence-electron chi connectivity index (χ4n) is 2.88. The summed E-state index contributed by atoms with van der Waals surface area (Å²) >= 11 is 0. The van der Waals surface area contributed by atoms with Gasteiger partial charge in [0.25, 0.3) is 0 Å². The van der Waals surface area contributed by atoms with Crippen molar-refractivity contribution in [3.63, 3.8) is 0 Å². The number of aromatic hydroxyl groups is 2. The number of hydrogen-bond donors (Lipinski definition) is 4. The standard InChI is InChI=1S/C19H21N3O5/c1-10(2)12-6-13(15(24)7-14(12)23)18(20)22(19(21)25)8-11-3-4-16-17(5-11)27-9-26-16/h3-7,10,20,23-24H,8-9H2,1-2H3,(H2,21,25). The number of amides is 2. The van der Waals surface area contributed by atoms with E-state index in [-0.39, 0.29) is 42.2 Å². The molecule has 2 amide bonds. The highest BCUT2D eigenvalue weighted by atomic mass is 16.7. The summed E-state index contributed by atoms with van der Waals surface area (Å²) in [5, 5.41) is 28.6. The number of nitrogens with zero attached hydrogens (tertiary/aromatic N) is 1. The van der Waals surface area contributed by atoms with E-state index in [9.17, 15) is 15.0 Å². The molecule has 0 saturated heterocycles. The normalized spacial score (nSPS) is 12.3. The van der Waals surface area contributed by atoms with Crippen molar-refractivity contribution in [3.8, 4) is 23.0 Å². The average molecular weight is 371 g/mol. The Bertz CT molecular complexity index is 910. The highest BCUT2D eigenvalue weighted by Gasteiger charge is 2.23. The van der Waals surface area contributed by atoms with Crippen LogP contribution in [-0.2, 0) is 6.54 Å². The zero-order chi connectivity index (χ0) is 19.7. The molecule has 8 nitrogen and oxygen atoms in total. The van der Waals surface area contributed by atoms with Crippen molar-refractivity contribution in [1.29, 1.82) is 5.41 Å². The van der Waals surface area contributed by atoms with E-state index in [1.165, 1.54) is 12.1 Å². The van der Waals surface area contributed by atoms with Crippen LogP contribution in [-0.4, -0.2) is 33.8 Å². The van der Waals surface area contributed by atoms with Gasteiger partial charge in [-0.1, -0.05) is 19.9 Å². The van der Waals surface area contributed by atoms with Crippen molar-refractivity contribution in [2.45, 2.75) is 26.3 Å². The van der Waals surface area contributed by atoms with Crippen LogP contribution in [0.5, 0.6) is 23.0 Å². The summed E-state index contributed by atoms with van der Waals surface area (Å²) < 4.78 is 10.6. The molecule has 2 aromatic rings. The molecule has 27 heavy (non-hydrogen) atoms. The lowest BCUT2D eigenvalue weighted by molar-refractivity contribution is 0.174. The highest BCUT2D eigenvalue weighted by Crippen LogP contribution is 2.34. The number of primary amides is 1. The first-order chi connectivity index (χ1) is 12.8. The van der Waals surface area contributed by atoms with Gasteiger partial charge in [-0.2, -0.15) is 0 Å². The molecular weight excluding hydrogens is 350 g/mol. The molecule has 8 heteroatoms. The second-order valence-corrected chi connectivity index (χ2v) is 6.54. The summed E-state index contributed by atoms with van der Waals surface area (Å²) in [6.45, 7) is 3.89. The lowest BCUT2D eigenvalue weighted by Gasteiger charge is -2.23. The van der Waals surface area contributed by atoms with Crippen molar-refractivity contribution in [2.75, 3.05) is 6.79 Å². The molecule has 0 atom stereocenters. The number of rotatable bonds is 4. The minimum Gasteiger partial charge on any atom is -0.508 e. The summed E-state index contributed by atoms with van der Waals surface area (Å²) in [4.78, 5) is 13.0. The fourth-order valence-corrected chi connectivity index (χ4v) is 2.88. The second-order valence-electron chi connectivity index (χ2n) is 6.54. The Morgan fingerprint density at radius 3 is 2.56 bits per heavy atom. The van der Waals surface area contributed by atoms with Gasteiger partial charge in [-0.3, -0.25) is 10.3 Å². The van der Waals surface area contributed by atoms with E-state index in [1.807, 2.05) is 13.8 Å². The molecule has 2 aromatic carbocycles. The number of hydrogen-bond acceptors (Lipinski definition) is 6. The third kappa shape index (κ3) is 3.59. The Balaban J connectivity index is 1.92. The molecular formula is C19H21N3O5. The predicted octanol–water partition coefficient (Wildman–Crippen LogP) is 2.86. The zero-order valence-electron chi connectivity index (χ0n) is 15.0. The van der Waals surface area contributed by atoms with Crippen molar-refractivity contribution >= 4 is 11.9 Å². The number of benzene rings is 2. The molecule has 5 N–H and O–H groups in total. The average Bonchev–Trinajstić information content (AvgIpc) is 3.06. The third-order valence-corrected chi connectivity index (χ3v) is 4.34. The Hall–Kier alpha value is -3.42. The molecule has 1 aliphatic heterocycles. The molecule has 0 aliphatic carbocycles. The van der Waals surface area contributed by atoms with Crippen LogP contribution in [0, 0.1) is 5.41 Å². The van der Waals surface area contributed by atoms with Crippen molar-refractivity contribution in [2.24, 2.45) is 5.73 Å². The topological polar surface area (TPSA) is 129 Å². The van der Waals surface area contributed by atoms with Gasteiger partial charge in [-0.25, -0.2) is 4.79 Å². The third-order valence-electron chi connectivity index (χ3n) is 4.34. The number of nitrogens with two attached hydrogens (primary N) is 1. The molecule has 1 aliphatic rings. The van der Waals surface area contributed by atoms with Gasteiger partial charge in [-0.15, -0.1) is 0 Å². The van der Waals surface area contributed by atoms with Crippen LogP contribution < -0.4 is 15.2 Å². The smallest absolute Gasteiger partial charge is 0.320 e. The number of carbonyl (C=O) groups excluding carboxylic acids is 1. The minimum atomic E-state index is -0.837. The van der Waals surface area contributed by atoms with Crippen molar-refractivity contribution < 1.29 is 24.5 Å². The quantitative estimate of drug-likeness (QED) is 0.485. The Kier molecular flexibility index (Phi) is 4.81. The lowest BCUT2D eigenvalue weighted by atomic mass is 9.98. The number of amidine groups is 1. The largest absolute Gasteiger partial charge is 0.508 e. The van der Waals surface area contributed by atoms with E-state index in [0.29, 0.717) is 22.6 Å². The molecule has 0 spiro atoms. The van der Waals surface area contributed by atoms with Gasteiger partial charge in [0.05, 0.1) is 12.1 Å². The van der Waals surface area contributed by atoms with E-state index < -0.39 is 6.03 Å². The Morgan fingerprint density at radius 2 is 1.89 bits per heavy atom. The van der Waals surface area contributed by atoms with E-state index in [2.05, 4.69) is 0 Å². The number of phenols is 2. The number of fused-ring (bicyclic) bond motifs is 1. The first kappa shape index (κ1) is 18.4. The molecule has 0 fully saturated rings. The first-order valence-electron chi connectivity index (χ1n) is 8.38. The van der Waals surface area contributed by atoms with Crippen LogP contribution in [0.3, 0.4) is 0 Å². The van der Waals surface area contributed by atoms with Gasteiger partial charge in [0.15, 0.2) is 11.5 Å². The van der Waals surface area contributed by atoms with Crippen LogP contribution in [0.4, 0.5) is 4.79 Å². The summed E-state index contributed by atoms with van der Waals surface area (Å²) in [6.07, 6.45) is 0. The summed E-state index contributed by atoms with van der Waals surface area (Å²) in [5.41, 5.74) is 6.82. The molecule has 142 valence electrons. The minimum absolute atomic E-state index is 0.0160. The van der Waals surface area contributed by atoms with Gasteiger partial charge in [0.1, 0.15) is 17.3 Å². The molecule has 0 unspecified atom stereocenters. The van der Waals surface area contributed by atoms with Crippen LogP contribution in [0.15, 0.2) is 30.3 Å². The zero-order valence-corrected chi connectivity index (χ0v) is 15.0. The van der Waals surface area contributed by atoms with Gasteiger partial charge in [-0.05, 0) is 35.2 Å². The molecule has 0 bridgehead atoms. The van der Waals surface area contributed by atoms with Crippen molar-refractivity contribution in [3.05, 3.63) is 47.0 Å². The van der Waals surface area contributed by atoms with Crippen LogP contribution in [0.1, 0.15) is 36.5 Å². The number of urea groups is 1. The maximum absolute atomic E-state index is 12.0. The molecule has 0 saturated carbocycles. The molecule has 0 radical (unpaired) electrons.